The molecule has 90 valence electrons. The number of nitrogens with zero attached hydrogens (tertiary/aromatic N) is 1. The van der Waals surface area contributed by atoms with Gasteiger partial charge in [0.1, 0.15) is 0 Å². The van der Waals surface area contributed by atoms with E-state index >= 15 is 0 Å². The van der Waals surface area contributed by atoms with E-state index in [4.69, 9.17) is 5.73 Å². The second-order valence-corrected chi connectivity index (χ2v) is 6.22. The summed E-state index contributed by atoms with van der Waals surface area (Å²) < 4.78 is 0. The first-order valence-corrected chi connectivity index (χ1v) is 6.40. The maximum absolute atomic E-state index is 5.85. The van der Waals surface area contributed by atoms with Gasteiger partial charge in [0.2, 0.25) is 0 Å². The van der Waals surface area contributed by atoms with Crippen molar-refractivity contribution in [1.82, 2.24) is 4.90 Å². The Balaban J connectivity index is 2.47. The fourth-order valence-corrected chi connectivity index (χ4v) is 2.46. The van der Waals surface area contributed by atoms with Crippen LogP contribution in [0.3, 0.4) is 0 Å². The molecule has 1 saturated heterocycles. The van der Waals surface area contributed by atoms with E-state index < -0.39 is 0 Å². The Hall–Kier alpha value is -0.0800. The maximum atomic E-state index is 5.85. The van der Waals surface area contributed by atoms with Gasteiger partial charge in [0.25, 0.3) is 0 Å². The molecule has 0 amide bonds. The number of piperidine rings is 1. The second-order valence-electron chi connectivity index (χ2n) is 6.22. The van der Waals surface area contributed by atoms with E-state index in [9.17, 15) is 0 Å². The van der Waals surface area contributed by atoms with Gasteiger partial charge >= 0.3 is 0 Å². The van der Waals surface area contributed by atoms with Crippen molar-refractivity contribution >= 4 is 0 Å². The SMILES string of the molecule is CC1CCCC(CN)N1CCC(C)(C)C. The van der Waals surface area contributed by atoms with Crippen molar-refractivity contribution in [2.24, 2.45) is 11.1 Å². The first-order chi connectivity index (χ1) is 6.94. The summed E-state index contributed by atoms with van der Waals surface area (Å²) >= 11 is 0. The Morgan fingerprint density at radius 2 is 1.93 bits per heavy atom. The lowest BCUT2D eigenvalue weighted by molar-refractivity contribution is 0.0841. The number of nitrogens with two attached hydrogens (primary N) is 1. The Morgan fingerprint density at radius 3 is 2.47 bits per heavy atom. The van der Waals surface area contributed by atoms with E-state index in [0.717, 1.165) is 12.6 Å². The topological polar surface area (TPSA) is 29.3 Å². The molecule has 1 fully saturated rings. The lowest BCUT2D eigenvalue weighted by Gasteiger charge is -2.41. The highest BCUT2D eigenvalue weighted by molar-refractivity contribution is 4.83. The molecule has 15 heavy (non-hydrogen) atoms. The van der Waals surface area contributed by atoms with Gasteiger partial charge in [-0.3, -0.25) is 4.90 Å². The van der Waals surface area contributed by atoms with Crippen molar-refractivity contribution in [3.63, 3.8) is 0 Å². The molecular weight excluding hydrogens is 184 g/mol. The van der Waals surface area contributed by atoms with Crippen molar-refractivity contribution in [1.29, 1.82) is 0 Å². The molecule has 0 aromatic carbocycles. The molecule has 0 bridgehead atoms. The molecule has 2 N–H and O–H groups in total. The molecule has 2 unspecified atom stereocenters. The zero-order chi connectivity index (χ0) is 11.5. The minimum absolute atomic E-state index is 0.441. The predicted octanol–water partition coefficient (Wildman–Crippen LogP) is 2.62. The van der Waals surface area contributed by atoms with Gasteiger partial charge in [-0.1, -0.05) is 27.2 Å². The van der Waals surface area contributed by atoms with Crippen LogP contribution in [0.15, 0.2) is 0 Å². The Bertz CT molecular complexity index is 183. The van der Waals surface area contributed by atoms with Gasteiger partial charge in [-0.05, 0) is 38.1 Å². The predicted molar refractivity (Wildman–Crippen MR) is 66.9 cm³/mol. The standard InChI is InChI=1S/C13H28N2/c1-11-6-5-7-12(10-14)15(11)9-8-13(2,3)4/h11-12H,5-10,14H2,1-4H3. The number of likely N-dealkylation sites (tertiary alicyclic amines) is 1. The van der Waals surface area contributed by atoms with Crippen LogP contribution in [0.5, 0.6) is 0 Å². The molecular formula is C13H28N2. The quantitative estimate of drug-likeness (QED) is 0.779. The molecule has 0 aliphatic carbocycles. The van der Waals surface area contributed by atoms with Crippen LogP contribution in [0.1, 0.15) is 53.4 Å². The highest BCUT2D eigenvalue weighted by Crippen LogP contribution is 2.26. The summed E-state index contributed by atoms with van der Waals surface area (Å²) in [5, 5.41) is 0. The minimum Gasteiger partial charge on any atom is -0.329 e. The summed E-state index contributed by atoms with van der Waals surface area (Å²) in [7, 11) is 0. The highest BCUT2D eigenvalue weighted by atomic mass is 15.2. The van der Waals surface area contributed by atoms with E-state index in [1.54, 1.807) is 0 Å². The summed E-state index contributed by atoms with van der Waals surface area (Å²) in [4.78, 5) is 2.63. The van der Waals surface area contributed by atoms with Crippen LogP contribution in [0.4, 0.5) is 0 Å². The van der Waals surface area contributed by atoms with Gasteiger partial charge in [0, 0.05) is 18.6 Å². The molecule has 2 atom stereocenters. The zero-order valence-corrected chi connectivity index (χ0v) is 10.9. The van der Waals surface area contributed by atoms with Gasteiger partial charge in [0.05, 0.1) is 0 Å². The lowest BCUT2D eigenvalue weighted by atomic mass is 9.89. The number of rotatable bonds is 3. The van der Waals surface area contributed by atoms with E-state index in [1.165, 1.54) is 32.2 Å². The van der Waals surface area contributed by atoms with Crippen LogP contribution in [0.25, 0.3) is 0 Å². The van der Waals surface area contributed by atoms with E-state index in [1.807, 2.05) is 0 Å². The van der Waals surface area contributed by atoms with Crippen molar-refractivity contribution in [3.8, 4) is 0 Å². The molecule has 1 aliphatic rings. The van der Waals surface area contributed by atoms with Crippen molar-refractivity contribution < 1.29 is 0 Å². The van der Waals surface area contributed by atoms with Gasteiger partial charge in [-0.2, -0.15) is 0 Å². The highest BCUT2D eigenvalue weighted by Gasteiger charge is 2.27. The fourth-order valence-electron chi connectivity index (χ4n) is 2.46. The summed E-state index contributed by atoms with van der Waals surface area (Å²) in [5.41, 5.74) is 6.29. The normalized spacial score (nSPS) is 29.4. The number of hydrogen-bond donors (Lipinski definition) is 1. The molecule has 2 nitrogen and oxygen atoms in total. The third-order valence-corrected chi connectivity index (χ3v) is 3.59. The fraction of sp³-hybridized carbons (Fsp3) is 1.00. The van der Waals surface area contributed by atoms with Gasteiger partial charge < -0.3 is 5.73 Å². The van der Waals surface area contributed by atoms with Crippen LogP contribution in [-0.2, 0) is 0 Å². The first-order valence-electron chi connectivity index (χ1n) is 6.40. The van der Waals surface area contributed by atoms with Crippen molar-refractivity contribution in [2.75, 3.05) is 13.1 Å². The molecule has 2 heteroatoms. The van der Waals surface area contributed by atoms with Crippen molar-refractivity contribution in [2.45, 2.75) is 65.5 Å². The van der Waals surface area contributed by atoms with Crippen LogP contribution in [0, 0.1) is 5.41 Å². The van der Waals surface area contributed by atoms with Gasteiger partial charge in [0.15, 0.2) is 0 Å². The smallest absolute Gasteiger partial charge is 0.0221 e. The Kier molecular flexibility index (Phi) is 4.60. The molecule has 1 heterocycles. The third-order valence-electron chi connectivity index (χ3n) is 3.59. The number of hydrogen-bond acceptors (Lipinski definition) is 2. The van der Waals surface area contributed by atoms with Crippen molar-refractivity contribution in [3.05, 3.63) is 0 Å². The summed E-state index contributed by atoms with van der Waals surface area (Å²) in [5.74, 6) is 0. The van der Waals surface area contributed by atoms with Crippen LogP contribution < -0.4 is 5.73 Å². The minimum atomic E-state index is 0.441. The molecule has 0 aromatic rings. The maximum Gasteiger partial charge on any atom is 0.0221 e. The molecule has 0 spiro atoms. The van der Waals surface area contributed by atoms with Gasteiger partial charge in [-0.15, -0.1) is 0 Å². The largest absolute Gasteiger partial charge is 0.329 e. The molecule has 1 aliphatic heterocycles. The average Bonchev–Trinajstić information content (AvgIpc) is 2.14. The zero-order valence-electron chi connectivity index (χ0n) is 10.9. The van der Waals surface area contributed by atoms with Crippen LogP contribution in [-0.4, -0.2) is 30.1 Å². The molecule has 0 saturated carbocycles. The summed E-state index contributed by atoms with van der Waals surface area (Å²) in [6, 6.07) is 1.37. The second kappa shape index (κ2) is 5.31. The summed E-state index contributed by atoms with van der Waals surface area (Å²) in [6.45, 7) is 11.3. The summed E-state index contributed by atoms with van der Waals surface area (Å²) in [6.07, 6.45) is 5.27. The third kappa shape index (κ3) is 4.12. The lowest BCUT2D eigenvalue weighted by Crippen LogP contribution is -2.49. The molecule has 0 radical (unpaired) electrons. The Labute approximate surface area is 95.2 Å². The van der Waals surface area contributed by atoms with E-state index in [2.05, 4.69) is 32.6 Å². The first kappa shape index (κ1) is 13.0. The van der Waals surface area contributed by atoms with E-state index in [0.29, 0.717) is 11.5 Å². The monoisotopic (exact) mass is 212 g/mol. The average molecular weight is 212 g/mol. The van der Waals surface area contributed by atoms with Crippen LogP contribution >= 0.6 is 0 Å². The Morgan fingerprint density at radius 1 is 1.27 bits per heavy atom. The van der Waals surface area contributed by atoms with Gasteiger partial charge in [-0.25, -0.2) is 0 Å². The molecule has 0 aromatic heterocycles. The van der Waals surface area contributed by atoms with Crippen LogP contribution in [0.2, 0.25) is 0 Å². The molecule has 1 rings (SSSR count). The van der Waals surface area contributed by atoms with E-state index in [-0.39, 0.29) is 0 Å².